The van der Waals surface area contributed by atoms with E-state index >= 15 is 0 Å². The van der Waals surface area contributed by atoms with Crippen molar-refractivity contribution in [3.05, 3.63) is 0 Å². The van der Waals surface area contributed by atoms with Crippen LogP contribution in [0.1, 0.15) is 85.0 Å². The highest BCUT2D eigenvalue weighted by molar-refractivity contribution is 4.87. The van der Waals surface area contributed by atoms with Gasteiger partial charge in [0.05, 0.1) is 0 Å². The Bertz CT molecular complexity index is 184. The third-order valence-corrected chi connectivity index (χ3v) is 4.51. The summed E-state index contributed by atoms with van der Waals surface area (Å²) in [7, 11) is 0. The van der Waals surface area contributed by atoms with Crippen molar-refractivity contribution in [2.75, 3.05) is 13.1 Å². The van der Waals surface area contributed by atoms with Gasteiger partial charge in [0.2, 0.25) is 0 Å². The van der Waals surface area contributed by atoms with Crippen LogP contribution in [-0.2, 0) is 0 Å². The van der Waals surface area contributed by atoms with Gasteiger partial charge in [-0.1, -0.05) is 52.4 Å². The van der Waals surface area contributed by atoms with Gasteiger partial charge in [0.1, 0.15) is 0 Å². The summed E-state index contributed by atoms with van der Waals surface area (Å²) in [6, 6.07) is 0. The largest absolute Gasteiger partial charge is 0.298 e. The number of nitrogens with zero attached hydrogens (tertiary/aromatic N) is 1. The van der Waals surface area contributed by atoms with E-state index < -0.39 is 0 Å². The van der Waals surface area contributed by atoms with Crippen molar-refractivity contribution in [1.82, 2.24) is 4.90 Å². The smallest absolute Gasteiger partial charge is 0.0181 e. The second-order valence-corrected chi connectivity index (χ2v) is 6.11. The van der Waals surface area contributed by atoms with Crippen LogP contribution < -0.4 is 0 Å². The molecule has 1 saturated heterocycles. The molecular formula is C16H33N. The molecule has 1 heteroatoms. The van der Waals surface area contributed by atoms with Gasteiger partial charge in [0.15, 0.2) is 0 Å². The van der Waals surface area contributed by atoms with Crippen LogP contribution in [0.5, 0.6) is 0 Å². The van der Waals surface area contributed by atoms with Crippen molar-refractivity contribution in [3.8, 4) is 0 Å². The summed E-state index contributed by atoms with van der Waals surface area (Å²) in [4.78, 5) is 2.81. The van der Waals surface area contributed by atoms with Crippen LogP contribution in [0.2, 0.25) is 0 Å². The van der Waals surface area contributed by atoms with Crippen LogP contribution in [-0.4, -0.2) is 23.5 Å². The Hall–Kier alpha value is -0.0400. The molecule has 1 fully saturated rings. The summed E-state index contributed by atoms with van der Waals surface area (Å²) in [5.41, 5.74) is 0.506. The van der Waals surface area contributed by atoms with E-state index in [4.69, 9.17) is 0 Å². The van der Waals surface area contributed by atoms with Crippen LogP contribution in [0.3, 0.4) is 0 Å². The van der Waals surface area contributed by atoms with Gasteiger partial charge in [-0.3, -0.25) is 4.90 Å². The molecule has 1 aliphatic heterocycles. The van der Waals surface area contributed by atoms with Gasteiger partial charge in [-0.05, 0) is 45.7 Å². The first-order valence-corrected chi connectivity index (χ1v) is 7.98. The molecule has 0 aliphatic carbocycles. The molecule has 1 rings (SSSR count). The molecule has 0 saturated carbocycles. The highest BCUT2D eigenvalue weighted by Gasteiger charge is 2.31. The Kier molecular flexibility index (Phi) is 7.18. The van der Waals surface area contributed by atoms with E-state index in [-0.39, 0.29) is 0 Å². The molecule has 1 nitrogen and oxygen atoms in total. The van der Waals surface area contributed by atoms with E-state index in [0.717, 1.165) is 0 Å². The Morgan fingerprint density at radius 2 is 1.41 bits per heavy atom. The first-order valence-electron chi connectivity index (χ1n) is 7.98. The summed E-state index contributed by atoms with van der Waals surface area (Å²) < 4.78 is 0. The fraction of sp³-hybridized carbons (Fsp3) is 1.00. The van der Waals surface area contributed by atoms with Crippen LogP contribution in [0.25, 0.3) is 0 Å². The van der Waals surface area contributed by atoms with Crippen LogP contribution in [0.15, 0.2) is 0 Å². The molecule has 0 amide bonds. The molecule has 0 spiro atoms. The molecule has 1 unspecified atom stereocenters. The average Bonchev–Trinajstić information content (AvgIpc) is 2.38. The standard InChI is InChI=1S/C16H33N/c1-4-6-9-13-16(3,12-7-5-2)17-14-10-8-11-15-17/h4-15H2,1-3H3. The Morgan fingerprint density at radius 3 is 2.00 bits per heavy atom. The molecule has 1 heterocycles. The molecule has 102 valence electrons. The summed E-state index contributed by atoms with van der Waals surface area (Å²) >= 11 is 0. The third-order valence-electron chi connectivity index (χ3n) is 4.51. The van der Waals surface area contributed by atoms with Gasteiger partial charge in [-0.15, -0.1) is 0 Å². The van der Waals surface area contributed by atoms with Gasteiger partial charge in [-0.2, -0.15) is 0 Å². The number of piperidine rings is 1. The number of hydrogen-bond acceptors (Lipinski definition) is 1. The van der Waals surface area contributed by atoms with Crippen molar-refractivity contribution in [1.29, 1.82) is 0 Å². The minimum Gasteiger partial charge on any atom is -0.298 e. The predicted molar refractivity (Wildman–Crippen MR) is 77.5 cm³/mol. The van der Waals surface area contributed by atoms with Gasteiger partial charge in [0, 0.05) is 5.54 Å². The molecule has 0 aromatic heterocycles. The minimum atomic E-state index is 0.506. The van der Waals surface area contributed by atoms with E-state index in [9.17, 15) is 0 Å². The van der Waals surface area contributed by atoms with E-state index in [1.54, 1.807) is 0 Å². The molecule has 0 N–H and O–H groups in total. The lowest BCUT2D eigenvalue weighted by atomic mass is 9.85. The Labute approximate surface area is 109 Å². The van der Waals surface area contributed by atoms with Crippen LogP contribution in [0.4, 0.5) is 0 Å². The maximum absolute atomic E-state index is 2.81. The molecule has 1 aliphatic rings. The Morgan fingerprint density at radius 1 is 0.824 bits per heavy atom. The van der Waals surface area contributed by atoms with Gasteiger partial charge in [-0.25, -0.2) is 0 Å². The van der Waals surface area contributed by atoms with E-state index in [2.05, 4.69) is 25.7 Å². The summed E-state index contributed by atoms with van der Waals surface area (Å²) in [5.74, 6) is 0. The zero-order valence-electron chi connectivity index (χ0n) is 12.4. The fourth-order valence-electron chi connectivity index (χ4n) is 3.19. The van der Waals surface area contributed by atoms with Crippen molar-refractivity contribution in [3.63, 3.8) is 0 Å². The van der Waals surface area contributed by atoms with Crippen molar-refractivity contribution in [2.24, 2.45) is 0 Å². The van der Waals surface area contributed by atoms with E-state index in [1.807, 2.05) is 0 Å². The molecule has 0 aromatic carbocycles. The highest BCUT2D eigenvalue weighted by Crippen LogP contribution is 2.31. The lowest BCUT2D eigenvalue weighted by molar-refractivity contribution is 0.0612. The number of likely N-dealkylation sites (tertiary alicyclic amines) is 1. The summed E-state index contributed by atoms with van der Waals surface area (Å²) in [6.45, 7) is 9.87. The monoisotopic (exact) mass is 239 g/mol. The maximum atomic E-state index is 2.81. The molecule has 1 atom stereocenters. The maximum Gasteiger partial charge on any atom is 0.0181 e. The summed E-state index contributed by atoms with van der Waals surface area (Å²) in [5, 5.41) is 0. The lowest BCUT2D eigenvalue weighted by Crippen LogP contribution is -2.48. The van der Waals surface area contributed by atoms with E-state index in [0.29, 0.717) is 5.54 Å². The zero-order valence-corrected chi connectivity index (χ0v) is 12.4. The predicted octanol–water partition coefficient (Wildman–Crippen LogP) is 5.00. The quantitative estimate of drug-likeness (QED) is 0.539. The second kappa shape index (κ2) is 8.13. The molecule has 17 heavy (non-hydrogen) atoms. The second-order valence-electron chi connectivity index (χ2n) is 6.11. The summed E-state index contributed by atoms with van der Waals surface area (Å²) in [6.07, 6.45) is 14.1. The third kappa shape index (κ3) is 4.99. The zero-order chi connectivity index (χ0) is 12.6. The SMILES string of the molecule is CCCCCC(C)(CCCC)N1CCCCC1. The fourth-order valence-corrected chi connectivity index (χ4v) is 3.19. The minimum absolute atomic E-state index is 0.506. The normalized spacial score (nSPS) is 21.4. The molecule has 0 radical (unpaired) electrons. The number of rotatable bonds is 8. The molecule has 0 bridgehead atoms. The van der Waals surface area contributed by atoms with Crippen LogP contribution in [0, 0.1) is 0 Å². The molecular weight excluding hydrogens is 206 g/mol. The van der Waals surface area contributed by atoms with Gasteiger partial charge >= 0.3 is 0 Å². The van der Waals surface area contributed by atoms with Crippen molar-refractivity contribution < 1.29 is 0 Å². The lowest BCUT2D eigenvalue weighted by Gasteiger charge is -2.44. The van der Waals surface area contributed by atoms with Crippen LogP contribution >= 0.6 is 0 Å². The van der Waals surface area contributed by atoms with Crippen molar-refractivity contribution >= 4 is 0 Å². The van der Waals surface area contributed by atoms with Crippen molar-refractivity contribution in [2.45, 2.75) is 90.5 Å². The molecule has 0 aromatic rings. The number of unbranched alkanes of at least 4 members (excludes halogenated alkanes) is 3. The first-order chi connectivity index (χ1) is 8.23. The highest BCUT2D eigenvalue weighted by atomic mass is 15.2. The van der Waals surface area contributed by atoms with Gasteiger partial charge < -0.3 is 0 Å². The first kappa shape index (κ1) is 15.0. The van der Waals surface area contributed by atoms with E-state index in [1.165, 1.54) is 77.3 Å². The topological polar surface area (TPSA) is 3.24 Å². The van der Waals surface area contributed by atoms with Gasteiger partial charge in [0.25, 0.3) is 0 Å². The number of hydrogen-bond donors (Lipinski definition) is 0. The Balaban J connectivity index is 2.48. The average molecular weight is 239 g/mol.